The third-order valence-electron chi connectivity index (χ3n) is 4.08. The van der Waals surface area contributed by atoms with Crippen LogP contribution in [0.2, 0.25) is 5.02 Å². The van der Waals surface area contributed by atoms with Crippen molar-refractivity contribution in [1.29, 1.82) is 0 Å². The molecule has 3 N–H and O–H groups in total. The molecule has 0 aliphatic rings. The zero-order valence-corrected chi connectivity index (χ0v) is 13.6. The van der Waals surface area contributed by atoms with Crippen LogP contribution in [-0.4, -0.2) is 11.5 Å². The summed E-state index contributed by atoms with van der Waals surface area (Å²) in [5.41, 5.74) is 11.7. The smallest absolute Gasteiger partial charge is 0.0651 e. The second-order valence-electron chi connectivity index (χ2n) is 5.76. The molecule has 0 bridgehead atoms. The number of nitrogens with two attached hydrogens (primary N) is 1. The quantitative estimate of drug-likeness (QED) is 0.634. The van der Waals surface area contributed by atoms with Crippen molar-refractivity contribution in [3.63, 3.8) is 0 Å². The first-order chi connectivity index (χ1) is 10.7. The van der Waals surface area contributed by atoms with Gasteiger partial charge in [0.1, 0.15) is 0 Å². The van der Waals surface area contributed by atoms with Crippen molar-refractivity contribution >= 4 is 22.5 Å². The summed E-state index contributed by atoms with van der Waals surface area (Å²) in [7, 11) is 0. The maximum absolute atomic E-state index is 6.37. The first kappa shape index (κ1) is 15.1. The van der Waals surface area contributed by atoms with Crippen LogP contribution in [0.1, 0.15) is 24.0 Å². The molecule has 3 rings (SSSR count). The molecule has 0 fully saturated rings. The van der Waals surface area contributed by atoms with Gasteiger partial charge in [-0.1, -0.05) is 47.5 Å². The molecule has 2 nitrogen and oxygen atoms in total. The van der Waals surface area contributed by atoms with Crippen molar-refractivity contribution < 1.29 is 0 Å². The SMILES string of the molecule is Cc1cccc(-c2[nH]c3c(Cl)cccc3c2CCCCN)c1. The Morgan fingerprint density at radius 3 is 2.68 bits per heavy atom. The van der Waals surface area contributed by atoms with Crippen LogP contribution in [0.4, 0.5) is 0 Å². The third kappa shape index (κ3) is 2.90. The van der Waals surface area contributed by atoms with Gasteiger partial charge in [-0.15, -0.1) is 0 Å². The molecule has 114 valence electrons. The van der Waals surface area contributed by atoms with E-state index in [1.807, 2.05) is 12.1 Å². The van der Waals surface area contributed by atoms with Crippen molar-refractivity contribution in [1.82, 2.24) is 4.98 Å². The topological polar surface area (TPSA) is 41.8 Å². The highest BCUT2D eigenvalue weighted by atomic mass is 35.5. The molecule has 1 heterocycles. The molecule has 3 heteroatoms. The normalized spacial score (nSPS) is 11.2. The summed E-state index contributed by atoms with van der Waals surface area (Å²) >= 11 is 6.37. The average molecular weight is 313 g/mol. The fourth-order valence-corrected chi connectivity index (χ4v) is 3.21. The second kappa shape index (κ2) is 6.55. The molecular weight excluding hydrogens is 292 g/mol. The van der Waals surface area contributed by atoms with E-state index in [-0.39, 0.29) is 0 Å². The van der Waals surface area contributed by atoms with Gasteiger partial charge in [-0.2, -0.15) is 0 Å². The second-order valence-corrected chi connectivity index (χ2v) is 6.16. The van der Waals surface area contributed by atoms with Crippen LogP contribution in [0.3, 0.4) is 0 Å². The molecule has 3 aromatic rings. The molecule has 0 atom stereocenters. The number of rotatable bonds is 5. The van der Waals surface area contributed by atoms with Gasteiger partial charge in [-0.05, 0) is 56.0 Å². The highest BCUT2D eigenvalue weighted by molar-refractivity contribution is 6.35. The van der Waals surface area contributed by atoms with Crippen molar-refractivity contribution in [3.05, 3.63) is 58.6 Å². The Hall–Kier alpha value is -1.77. The van der Waals surface area contributed by atoms with Crippen molar-refractivity contribution in [2.45, 2.75) is 26.2 Å². The van der Waals surface area contributed by atoms with Crippen molar-refractivity contribution in [3.8, 4) is 11.3 Å². The van der Waals surface area contributed by atoms with Crippen LogP contribution in [0.5, 0.6) is 0 Å². The van der Waals surface area contributed by atoms with Crippen LogP contribution in [0, 0.1) is 6.92 Å². The van der Waals surface area contributed by atoms with E-state index >= 15 is 0 Å². The molecule has 0 saturated heterocycles. The Kier molecular flexibility index (Phi) is 4.51. The molecule has 0 aliphatic heterocycles. The van der Waals surface area contributed by atoms with Gasteiger partial charge in [0, 0.05) is 11.1 Å². The van der Waals surface area contributed by atoms with Gasteiger partial charge in [0.15, 0.2) is 0 Å². The number of benzene rings is 2. The largest absolute Gasteiger partial charge is 0.353 e. The van der Waals surface area contributed by atoms with E-state index < -0.39 is 0 Å². The summed E-state index contributed by atoms with van der Waals surface area (Å²) in [6.07, 6.45) is 3.15. The van der Waals surface area contributed by atoms with E-state index in [9.17, 15) is 0 Å². The first-order valence-corrected chi connectivity index (χ1v) is 8.14. The van der Waals surface area contributed by atoms with Gasteiger partial charge < -0.3 is 10.7 Å². The lowest BCUT2D eigenvalue weighted by molar-refractivity contribution is 0.748. The average Bonchev–Trinajstić information content (AvgIpc) is 2.88. The summed E-state index contributed by atoms with van der Waals surface area (Å²) < 4.78 is 0. The number of aromatic nitrogens is 1. The lowest BCUT2D eigenvalue weighted by atomic mass is 9.99. The number of hydrogen-bond acceptors (Lipinski definition) is 1. The Balaban J connectivity index is 2.15. The van der Waals surface area contributed by atoms with Crippen LogP contribution in [0.15, 0.2) is 42.5 Å². The standard InChI is InChI=1S/C19H21ClN2/c1-13-6-4-7-14(12-13)18-15(8-2-3-11-21)16-9-5-10-17(20)19(16)22-18/h4-7,9-10,12,22H,2-3,8,11,21H2,1H3. The molecular formula is C19H21ClN2. The third-order valence-corrected chi connectivity index (χ3v) is 4.39. The number of unbranched alkanes of at least 4 members (excludes halogenated alkanes) is 1. The molecule has 1 aromatic heterocycles. The summed E-state index contributed by atoms with van der Waals surface area (Å²) in [6, 6.07) is 14.7. The number of hydrogen-bond donors (Lipinski definition) is 2. The molecule has 0 saturated carbocycles. The minimum Gasteiger partial charge on any atom is -0.353 e. The first-order valence-electron chi connectivity index (χ1n) is 7.77. The van der Waals surface area contributed by atoms with Crippen molar-refractivity contribution in [2.75, 3.05) is 6.54 Å². The van der Waals surface area contributed by atoms with Gasteiger partial charge >= 0.3 is 0 Å². The van der Waals surface area contributed by atoms with E-state index in [0.717, 1.165) is 36.3 Å². The molecule has 0 radical (unpaired) electrons. The fourth-order valence-electron chi connectivity index (χ4n) is 2.99. The minimum absolute atomic E-state index is 0.739. The Labute approximate surface area is 136 Å². The number of nitrogens with one attached hydrogen (secondary N) is 1. The van der Waals surface area contributed by atoms with E-state index in [1.54, 1.807) is 0 Å². The molecule has 0 unspecified atom stereocenters. The summed E-state index contributed by atoms with van der Waals surface area (Å²) in [5.74, 6) is 0. The Bertz CT molecular complexity index is 789. The number of halogens is 1. The van der Waals surface area contributed by atoms with Crippen LogP contribution in [0.25, 0.3) is 22.2 Å². The van der Waals surface area contributed by atoms with Crippen LogP contribution < -0.4 is 5.73 Å². The van der Waals surface area contributed by atoms with Crippen LogP contribution >= 0.6 is 11.6 Å². The highest BCUT2D eigenvalue weighted by Crippen LogP contribution is 2.34. The van der Waals surface area contributed by atoms with Gasteiger partial charge in [0.05, 0.1) is 10.5 Å². The number of para-hydroxylation sites is 1. The summed E-state index contributed by atoms with van der Waals surface area (Å²) in [4.78, 5) is 3.54. The summed E-state index contributed by atoms with van der Waals surface area (Å²) in [6.45, 7) is 2.86. The van der Waals surface area contributed by atoms with E-state index in [0.29, 0.717) is 0 Å². The Morgan fingerprint density at radius 2 is 1.91 bits per heavy atom. The van der Waals surface area contributed by atoms with Gasteiger partial charge in [0.2, 0.25) is 0 Å². The van der Waals surface area contributed by atoms with Crippen molar-refractivity contribution in [2.24, 2.45) is 5.73 Å². The van der Waals surface area contributed by atoms with E-state index in [4.69, 9.17) is 17.3 Å². The van der Waals surface area contributed by atoms with Crippen LogP contribution in [-0.2, 0) is 6.42 Å². The summed E-state index contributed by atoms with van der Waals surface area (Å²) in [5, 5.41) is 2.00. The molecule has 0 aliphatic carbocycles. The molecule has 2 aromatic carbocycles. The molecule has 0 spiro atoms. The fraction of sp³-hybridized carbons (Fsp3) is 0.263. The van der Waals surface area contributed by atoms with E-state index in [2.05, 4.69) is 42.2 Å². The molecule has 22 heavy (non-hydrogen) atoms. The zero-order chi connectivity index (χ0) is 15.5. The zero-order valence-electron chi connectivity index (χ0n) is 12.8. The number of H-pyrrole nitrogens is 1. The van der Waals surface area contributed by atoms with Gasteiger partial charge in [-0.3, -0.25) is 0 Å². The maximum atomic E-state index is 6.37. The monoisotopic (exact) mass is 312 g/mol. The van der Waals surface area contributed by atoms with E-state index in [1.165, 1.54) is 27.8 Å². The lowest BCUT2D eigenvalue weighted by Gasteiger charge is -2.06. The maximum Gasteiger partial charge on any atom is 0.0651 e. The highest BCUT2D eigenvalue weighted by Gasteiger charge is 2.14. The number of fused-ring (bicyclic) bond motifs is 1. The predicted molar refractivity (Wildman–Crippen MR) is 95.5 cm³/mol. The number of aryl methyl sites for hydroxylation is 2. The predicted octanol–water partition coefficient (Wildman–Crippen LogP) is 5.08. The Morgan fingerprint density at radius 1 is 1.09 bits per heavy atom. The molecule has 0 amide bonds. The lowest BCUT2D eigenvalue weighted by Crippen LogP contribution is -1.99. The minimum atomic E-state index is 0.739. The number of aromatic amines is 1. The van der Waals surface area contributed by atoms with Gasteiger partial charge in [0.25, 0.3) is 0 Å². The van der Waals surface area contributed by atoms with Gasteiger partial charge in [-0.25, -0.2) is 0 Å².